The molecule has 0 saturated heterocycles. The number of aryl methyl sites for hydroxylation is 2. The summed E-state index contributed by atoms with van der Waals surface area (Å²) >= 11 is 0. The number of carbonyl (C=O) groups excluding carboxylic acids is 4. The molecule has 12 nitrogen and oxygen atoms in total. The third kappa shape index (κ3) is 9.77. The first-order valence-electron chi connectivity index (χ1n) is 18.4. The van der Waals surface area contributed by atoms with Gasteiger partial charge in [-0.25, -0.2) is 0 Å². The molecule has 0 amide bonds. The largest absolute Gasteiger partial charge is 0.507 e. The Hall–Kier alpha value is -5.40. The fourth-order valence-electron chi connectivity index (χ4n) is 7.48. The SMILES string of the molecule is COCc1cc(CCC(CCc2cc(C(C)=O)c(O)c(C(C)=O)c2)(c2cc(COC)c(O)c(C(C)=O)c2)c2cc(COC)c(O)c(C(C)=O)c2)cc(COC)c1O. The molecule has 0 aromatic heterocycles. The van der Waals surface area contributed by atoms with Gasteiger partial charge in [0.05, 0.1) is 48.7 Å². The number of Topliss-reactive ketones (excluding diaryl/α,β-unsaturated/α-hetero) is 4. The standard InChI is InChI=1S/C45H52O12/c1-25(46)37-15-30(16-38(26(2)47)44(37)53)10-12-45(35-17-33(23-56-7)42(51)39(19-35)27(3)48,36-18-34(24-57-8)43(52)40(20-36)28(4)49)11-9-29-13-31(21-54-5)41(50)32(14-29)22-55-6/h13-20,50-53H,9-12,21-24H2,1-8H3. The number of methoxy groups -OCH3 is 4. The first-order valence-corrected chi connectivity index (χ1v) is 18.4. The molecule has 0 aliphatic heterocycles. The minimum atomic E-state index is -1.15. The zero-order valence-electron chi connectivity index (χ0n) is 33.8. The Morgan fingerprint density at radius 2 is 0.737 bits per heavy atom. The molecule has 0 fully saturated rings. The van der Waals surface area contributed by atoms with Crippen LogP contribution < -0.4 is 0 Å². The lowest BCUT2D eigenvalue weighted by Crippen LogP contribution is -2.31. The predicted molar refractivity (Wildman–Crippen MR) is 213 cm³/mol. The number of ether oxygens (including phenoxy) is 4. The highest BCUT2D eigenvalue weighted by atomic mass is 16.5. The summed E-state index contributed by atoms with van der Waals surface area (Å²) in [5, 5.41) is 44.5. The highest BCUT2D eigenvalue weighted by Gasteiger charge is 2.37. The predicted octanol–water partition coefficient (Wildman–Crippen LogP) is 7.46. The number of benzene rings is 4. The van der Waals surface area contributed by atoms with Gasteiger partial charge in [0, 0.05) is 56.1 Å². The average Bonchev–Trinajstić information content (AvgIpc) is 3.15. The van der Waals surface area contributed by atoms with Gasteiger partial charge in [-0.1, -0.05) is 0 Å². The Kier molecular flexibility index (Phi) is 14.9. The van der Waals surface area contributed by atoms with Crippen LogP contribution in [0, 0.1) is 0 Å². The van der Waals surface area contributed by atoms with E-state index in [1.807, 2.05) is 12.1 Å². The molecule has 4 aromatic rings. The van der Waals surface area contributed by atoms with Crippen LogP contribution in [0.5, 0.6) is 23.0 Å². The van der Waals surface area contributed by atoms with Crippen LogP contribution >= 0.6 is 0 Å². The Morgan fingerprint density at radius 3 is 1.05 bits per heavy atom. The van der Waals surface area contributed by atoms with E-state index in [4.69, 9.17) is 18.9 Å². The zero-order chi connectivity index (χ0) is 42.2. The number of phenols is 4. The molecule has 0 spiro atoms. The van der Waals surface area contributed by atoms with Gasteiger partial charge >= 0.3 is 0 Å². The van der Waals surface area contributed by atoms with Crippen molar-refractivity contribution in [3.8, 4) is 23.0 Å². The van der Waals surface area contributed by atoms with Crippen molar-refractivity contribution in [3.63, 3.8) is 0 Å². The van der Waals surface area contributed by atoms with Gasteiger partial charge in [0.1, 0.15) is 23.0 Å². The molecule has 0 radical (unpaired) electrons. The van der Waals surface area contributed by atoms with Gasteiger partial charge in [-0.05, 0) is 124 Å². The summed E-state index contributed by atoms with van der Waals surface area (Å²) in [6.07, 6.45) is 1.08. The van der Waals surface area contributed by atoms with Crippen molar-refractivity contribution in [2.24, 2.45) is 0 Å². The van der Waals surface area contributed by atoms with E-state index < -0.39 is 34.3 Å². The van der Waals surface area contributed by atoms with Gasteiger partial charge in [0.15, 0.2) is 23.1 Å². The van der Waals surface area contributed by atoms with E-state index >= 15 is 0 Å². The average molecular weight is 785 g/mol. The zero-order valence-corrected chi connectivity index (χ0v) is 33.8. The number of carbonyl (C=O) groups is 4. The van der Waals surface area contributed by atoms with Crippen LogP contribution in [0.15, 0.2) is 48.5 Å². The molecule has 304 valence electrons. The maximum absolute atomic E-state index is 13.2. The molecule has 0 heterocycles. The van der Waals surface area contributed by atoms with Gasteiger partial charge < -0.3 is 39.4 Å². The molecule has 0 bridgehead atoms. The minimum absolute atomic E-state index is 0.0134. The molecule has 12 heteroatoms. The number of phenolic OH excluding ortho intramolecular Hbond substituents is 4. The third-order valence-electron chi connectivity index (χ3n) is 10.4. The van der Waals surface area contributed by atoms with Gasteiger partial charge in [0.2, 0.25) is 0 Å². The van der Waals surface area contributed by atoms with Crippen LogP contribution in [0.2, 0.25) is 0 Å². The summed E-state index contributed by atoms with van der Waals surface area (Å²) < 4.78 is 21.7. The quantitative estimate of drug-likeness (QED) is 0.0650. The van der Waals surface area contributed by atoms with E-state index in [1.165, 1.54) is 56.1 Å². The van der Waals surface area contributed by atoms with Crippen molar-refractivity contribution in [2.75, 3.05) is 28.4 Å². The lowest BCUT2D eigenvalue weighted by molar-refractivity contribution is 0.0996. The van der Waals surface area contributed by atoms with Crippen molar-refractivity contribution >= 4 is 23.1 Å². The van der Waals surface area contributed by atoms with E-state index in [1.54, 1.807) is 36.4 Å². The number of ketones is 4. The van der Waals surface area contributed by atoms with Gasteiger partial charge in [0.25, 0.3) is 0 Å². The van der Waals surface area contributed by atoms with Crippen LogP contribution in [-0.4, -0.2) is 72.0 Å². The van der Waals surface area contributed by atoms with Crippen LogP contribution in [0.1, 0.15) is 126 Å². The van der Waals surface area contributed by atoms with Crippen LogP contribution in [0.4, 0.5) is 0 Å². The molecule has 4 aromatic carbocycles. The van der Waals surface area contributed by atoms with Crippen molar-refractivity contribution < 1.29 is 58.6 Å². The summed E-state index contributed by atoms with van der Waals surface area (Å²) in [7, 11) is 5.98. The maximum atomic E-state index is 13.2. The normalized spacial score (nSPS) is 11.5. The topological polar surface area (TPSA) is 186 Å². The molecule has 0 aliphatic carbocycles. The van der Waals surface area contributed by atoms with Gasteiger partial charge in [-0.15, -0.1) is 0 Å². The Balaban J connectivity index is 2.15. The summed E-state index contributed by atoms with van der Waals surface area (Å²) in [4.78, 5) is 51.7. The highest BCUT2D eigenvalue weighted by Crippen LogP contribution is 2.46. The monoisotopic (exact) mass is 784 g/mol. The second-order valence-corrected chi connectivity index (χ2v) is 14.4. The third-order valence-corrected chi connectivity index (χ3v) is 10.4. The maximum Gasteiger partial charge on any atom is 0.163 e. The van der Waals surface area contributed by atoms with Gasteiger partial charge in [-0.3, -0.25) is 19.2 Å². The van der Waals surface area contributed by atoms with Crippen LogP contribution in [-0.2, 0) is 63.6 Å². The Morgan fingerprint density at radius 1 is 0.439 bits per heavy atom. The molecular weight excluding hydrogens is 732 g/mol. The van der Waals surface area contributed by atoms with E-state index in [-0.39, 0.29) is 85.2 Å². The fraction of sp³-hybridized carbons (Fsp3) is 0.378. The molecule has 0 unspecified atom stereocenters. The van der Waals surface area contributed by atoms with E-state index in [9.17, 15) is 39.6 Å². The highest BCUT2D eigenvalue weighted by molar-refractivity contribution is 6.04. The molecule has 0 saturated carbocycles. The second kappa shape index (κ2) is 19.2. The molecule has 4 N–H and O–H groups in total. The van der Waals surface area contributed by atoms with Crippen molar-refractivity contribution in [2.45, 2.75) is 85.2 Å². The Labute approximate surface area is 333 Å². The minimum Gasteiger partial charge on any atom is -0.507 e. The lowest BCUT2D eigenvalue weighted by Gasteiger charge is -2.37. The Bertz CT molecular complexity index is 2030. The van der Waals surface area contributed by atoms with E-state index in [0.717, 1.165) is 5.56 Å². The summed E-state index contributed by atoms with van der Waals surface area (Å²) in [5.74, 6) is -2.50. The van der Waals surface area contributed by atoms with Crippen LogP contribution in [0.25, 0.3) is 0 Å². The number of hydrogen-bond acceptors (Lipinski definition) is 12. The summed E-state index contributed by atoms with van der Waals surface area (Å²) in [6.45, 7) is 5.45. The first-order chi connectivity index (χ1) is 27.0. The second-order valence-electron chi connectivity index (χ2n) is 14.4. The molecule has 0 atom stereocenters. The lowest BCUT2D eigenvalue weighted by atomic mass is 9.66. The van der Waals surface area contributed by atoms with Gasteiger partial charge in [-0.2, -0.15) is 0 Å². The smallest absolute Gasteiger partial charge is 0.163 e. The number of aromatic hydroxyl groups is 4. The van der Waals surface area contributed by atoms with Crippen LogP contribution in [0.3, 0.4) is 0 Å². The van der Waals surface area contributed by atoms with Crippen molar-refractivity contribution in [1.82, 2.24) is 0 Å². The number of hydrogen-bond donors (Lipinski definition) is 4. The summed E-state index contributed by atoms with van der Waals surface area (Å²) in [6, 6.07) is 13.5. The molecule has 0 aliphatic rings. The summed E-state index contributed by atoms with van der Waals surface area (Å²) in [5.41, 5.74) is 3.20. The van der Waals surface area contributed by atoms with E-state index in [2.05, 4.69) is 0 Å². The molecular formula is C45H52O12. The first kappa shape index (κ1) is 44.3. The van der Waals surface area contributed by atoms with Crippen molar-refractivity contribution in [3.05, 3.63) is 115 Å². The number of rotatable bonds is 20. The molecule has 4 rings (SSSR count). The molecule has 57 heavy (non-hydrogen) atoms. The van der Waals surface area contributed by atoms with E-state index in [0.29, 0.717) is 45.4 Å². The fourth-order valence-corrected chi connectivity index (χ4v) is 7.48. The van der Waals surface area contributed by atoms with Crippen molar-refractivity contribution in [1.29, 1.82) is 0 Å².